The maximum absolute atomic E-state index is 13.0. The van der Waals surface area contributed by atoms with Gasteiger partial charge in [0.05, 0.1) is 23.3 Å². The molecule has 0 unspecified atom stereocenters. The lowest BCUT2D eigenvalue weighted by Gasteiger charge is -2.28. The SMILES string of the molecule is COC(=O)c1ccc(C=Nc2ccc(S(=O)(=O)N3CCc4ccccc4C3)cc2)cc1. The van der Waals surface area contributed by atoms with Crippen molar-refractivity contribution in [1.29, 1.82) is 0 Å². The molecular weight excluding hydrogens is 412 g/mol. The highest BCUT2D eigenvalue weighted by Gasteiger charge is 2.28. The van der Waals surface area contributed by atoms with E-state index >= 15 is 0 Å². The Bertz CT molecular complexity index is 1220. The Morgan fingerprint density at radius 3 is 2.32 bits per heavy atom. The zero-order valence-electron chi connectivity index (χ0n) is 17.1. The Morgan fingerprint density at radius 2 is 1.65 bits per heavy atom. The summed E-state index contributed by atoms with van der Waals surface area (Å²) in [5.41, 5.74) is 4.18. The maximum Gasteiger partial charge on any atom is 0.337 e. The van der Waals surface area contributed by atoms with Gasteiger partial charge < -0.3 is 4.74 Å². The predicted molar refractivity (Wildman–Crippen MR) is 119 cm³/mol. The van der Waals surface area contributed by atoms with Crippen LogP contribution in [0.3, 0.4) is 0 Å². The molecule has 7 heteroatoms. The highest BCUT2D eigenvalue weighted by atomic mass is 32.2. The number of hydrogen-bond acceptors (Lipinski definition) is 5. The summed E-state index contributed by atoms with van der Waals surface area (Å²) < 4.78 is 32.3. The summed E-state index contributed by atoms with van der Waals surface area (Å²) in [4.78, 5) is 16.1. The van der Waals surface area contributed by atoms with Crippen LogP contribution < -0.4 is 0 Å². The zero-order valence-corrected chi connectivity index (χ0v) is 17.9. The van der Waals surface area contributed by atoms with Gasteiger partial charge in [-0.05, 0) is 59.5 Å². The van der Waals surface area contributed by atoms with Crippen LogP contribution in [-0.2, 0) is 27.7 Å². The largest absolute Gasteiger partial charge is 0.465 e. The van der Waals surface area contributed by atoms with Gasteiger partial charge in [-0.1, -0.05) is 36.4 Å². The average Bonchev–Trinajstić information content (AvgIpc) is 2.82. The fourth-order valence-electron chi connectivity index (χ4n) is 3.50. The van der Waals surface area contributed by atoms with Crippen molar-refractivity contribution in [2.24, 2.45) is 4.99 Å². The molecule has 0 aliphatic carbocycles. The van der Waals surface area contributed by atoms with E-state index in [1.165, 1.54) is 17.0 Å². The standard InChI is InChI=1S/C24H22N2O4S/c1-30-24(27)20-8-6-18(7-9-20)16-25-22-10-12-23(13-11-22)31(28,29)26-15-14-19-4-2-3-5-21(19)17-26/h2-13,16H,14-15,17H2,1H3. The summed E-state index contributed by atoms with van der Waals surface area (Å²) in [6, 6.07) is 21.4. The predicted octanol–water partition coefficient (Wildman–Crippen LogP) is 3.97. The Hall–Kier alpha value is -3.29. The van der Waals surface area contributed by atoms with Gasteiger partial charge in [-0.15, -0.1) is 0 Å². The summed E-state index contributed by atoms with van der Waals surface area (Å²) >= 11 is 0. The van der Waals surface area contributed by atoms with Crippen LogP contribution in [0.5, 0.6) is 0 Å². The van der Waals surface area contributed by atoms with E-state index in [0.29, 0.717) is 30.8 Å². The molecular formula is C24H22N2O4S. The molecule has 0 aromatic heterocycles. The molecule has 6 nitrogen and oxygen atoms in total. The van der Waals surface area contributed by atoms with E-state index in [-0.39, 0.29) is 4.90 Å². The number of carbonyl (C=O) groups excluding carboxylic acids is 1. The smallest absolute Gasteiger partial charge is 0.337 e. The zero-order chi connectivity index (χ0) is 21.8. The monoisotopic (exact) mass is 434 g/mol. The van der Waals surface area contributed by atoms with Crippen molar-refractivity contribution < 1.29 is 17.9 Å². The first kappa shape index (κ1) is 21.0. The highest BCUT2D eigenvalue weighted by molar-refractivity contribution is 7.89. The van der Waals surface area contributed by atoms with Gasteiger partial charge in [0.25, 0.3) is 0 Å². The number of hydrogen-bond donors (Lipinski definition) is 0. The third-order valence-corrected chi connectivity index (χ3v) is 7.12. The van der Waals surface area contributed by atoms with Gasteiger partial charge >= 0.3 is 5.97 Å². The Kier molecular flexibility index (Phi) is 5.97. The van der Waals surface area contributed by atoms with Crippen LogP contribution in [0.15, 0.2) is 82.7 Å². The van der Waals surface area contributed by atoms with Crippen LogP contribution >= 0.6 is 0 Å². The quantitative estimate of drug-likeness (QED) is 0.450. The van der Waals surface area contributed by atoms with Gasteiger partial charge in [-0.2, -0.15) is 4.31 Å². The second kappa shape index (κ2) is 8.83. The lowest BCUT2D eigenvalue weighted by molar-refractivity contribution is 0.0600. The van der Waals surface area contributed by atoms with Crippen LogP contribution in [0.25, 0.3) is 0 Å². The molecule has 0 radical (unpaired) electrons. The van der Waals surface area contributed by atoms with Crippen molar-refractivity contribution in [2.75, 3.05) is 13.7 Å². The van der Waals surface area contributed by atoms with Gasteiger partial charge in [-0.3, -0.25) is 4.99 Å². The molecule has 3 aromatic rings. The van der Waals surface area contributed by atoms with Crippen molar-refractivity contribution in [2.45, 2.75) is 17.9 Å². The number of esters is 1. The van der Waals surface area contributed by atoms with E-state index in [1.807, 2.05) is 18.2 Å². The number of sulfonamides is 1. The summed E-state index contributed by atoms with van der Waals surface area (Å²) in [6.07, 6.45) is 2.37. The van der Waals surface area contributed by atoms with Crippen molar-refractivity contribution in [3.05, 3.63) is 95.1 Å². The molecule has 0 saturated heterocycles. The molecule has 0 atom stereocenters. The topological polar surface area (TPSA) is 76.0 Å². The molecule has 31 heavy (non-hydrogen) atoms. The minimum atomic E-state index is -3.57. The molecule has 158 valence electrons. The van der Waals surface area contributed by atoms with Gasteiger partial charge in [0.2, 0.25) is 10.0 Å². The fourth-order valence-corrected chi connectivity index (χ4v) is 4.92. The minimum absolute atomic E-state index is 0.258. The third kappa shape index (κ3) is 4.57. The molecule has 1 heterocycles. The van der Waals surface area contributed by atoms with Crippen LogP contribution in [0.4, 0.5) is 5.69 Å². The van der Waals surface area contributed by atoms with Crippen LogP contribution in [0.1, 0.15) is 27.0 Å². The molecule has 1 aliphatic rings. The summed E-state index contributed by atoms with van der Waals surface area (Å²) in [5.74, 6) is -0.391. The molecule has 0 N–H and O–H groups in total. The average molecular weight is 435 g/mol. The van der Waals surface area contributed by atoms with Crippen molar-refractivity contribution in [3.8, 4) is 0 Å². The number of nitrogens with zero attached hydrogens (tertiary/aromatic N) is 2. The Labute approximate surface area is 181 Å². The number of aliphatic imine (C=N–C) groups is 1. The van der Waals surface area contributed by atoms with Crippen molar-refractivity contribution in [1.82, 2.24) is 4.31 Å². The minimum Gasteiger partial charge on any atom is -0.465 e. The van der Waals surface area contributed by atoms with E-state index in [0.717, 1.165) is 11.1 Å². The van der Waals surface area contributed by atoms with Crippen molar-refractivity contribution in [3.63, 3.8) is 0 Å². The van der Waals surface area contributed by atoms with E-state index in [1.54, 1.807) is 54.7 Å². The van der Waals surface area contributed by atoms with Gasteiger partial charge in [-0.25, -0.2) is 13.2 Å². The van der Waals surface area contributed by atoms with E-state index in [2.05, 4.69) is 15.8 Å². The maximum atomic E-state index is 13.0. The number of methoxy groups -OCH3 is 1. The molecule has 3 aromatic carbocycles. The van der Waals surface area contributed by atoms with Gasteiger partial charge in [0.1, 0.15) is 0 Å². The summed E-state index contributed by atoms with van der Waals surface area (Å²) in [6.45, 7) is 0.862. The van der Waals surface area contributed by atoms with E-state index < -0.39 is 16.0 Å². The third-order valence-electron chi connectivity index (χ3n) is 5.26. The lowest BCUT2D eigenvalue weighted by Crippen LogP contribution is -2.35. The van der Waals surface area contributed by atoms with Crippen LogP contribution in [-0.4, -0.2) is 38.6 Å². The molecule has 1 aliphatic heterocycles. The van der Waals surface area contributed by atoms with Crippen molar-refractivity contribution >= 4 is 27.9 Å². The Morgan fingerprint density at radius 1 is 0.968 bits per heavy atom. The molecule has 0 spiro atoms. The lowest BCUT2D eigenvalue weighted by atomic mass is 10.0. The van der Waals surface area contributed by atoms with E-state index in [9.17, 15) is 13.2 Å². The second-order valence-corrected chi connectivity index (χ2v) is 9.16. The Balaban J connectivity index is 1.46. The summed E-state index contributed by atoms with van der Waals surface area (Å²) in [7, 11) is -2.23. The molecule has 4 rings (SSSR count). The molecule has 0 bridgehead atoms. The van der Waals surface area contributed by atoms with Gasteiger partial charge in [0, 0.05) is 19.3 Å². The number of ether oxygens (including phenoxy) is 1. The number of rotatable bonds is 5. The number of carbonyl (C=O) groups is 1. The molecule has 0 amide bonds. The number of fused-ring (bicyclic) bond motifs is 1. The molecule has 0 fully saturated rings. The first-order valence-electron chi connectivity index (χ1n) is 9.87. The highest BCUT2D eigenvalue weighted by Crippen LogP contribution is 2.26. The first-order chi connectivity index (χ1) is 15.0. The fraction of sp³-hybridized carbons (Fsp3) is 0.167. The normalized spacial score (nSPS) is 14.4. The van der Waals surface area contributed by atoms with Crippen LogP contribution in [0, 0.1) is 0 Å². The van der Waals surface area contributed by atoms with E-state index in [4.69, 9.17) is 0 Å². The van der Waals surface area contributed by atoms with Crippen LogP contribution in [0.2, 0.25) is 0 Å². The summed E-state index contributed by atoms with van der Waals surface area (Å²) in [5, 5.41) is 0. The number of benzene rings is 3. The second-order valence-electron chi connectivity index (χ2n) is 7.22. The van der Waals surface area contributed by atoms with Gasteiger partial charge in [0.15, 0.2) is 0 Å². The molecule has 0 saturated carbocycles. The first-order valence-corrected chi connectivity index (χ1v) is 11.3.